The molecule has 20 heavy (non-hydrogen) atoms. The molecule has 3 rings (SSSR count). The standard InChI is InChI=1S/C17H24FNO/c1-2-17(20)9-3-4-14-11-19(12-16(14)17)10-13-5-7-15(18)8-6-13/h5-8,14,16,20H,2-4,9-12H2,1H3/t14-,16+,17-/m1/s1. The summed E-state index contributed by atoms with van der Waals surface area (Å²) < 4.78 is 12.9. The molecule has 0 bridgehead atoms. The summed E-state index contributed by atoms with van der Waals surface area (Å²) in [6, 6.07) is 6.79. The first kappa shape index (κ1) is 14.0. The minimum Gasteiger partial charge on any atom is -0.390 e. The Morgan fingerprint density at radius 1 is 1.30 bits per heavy atom. The van der Waals surface area contributed by atoms with E-state index in [-0.39, 0.29) is 5.82 Å². The van der Waals surface area contributed by atoms with Gasteiger partial charge in [0.1, 0.15) is 5.82 Å². The van der Waals surface area contributed by atoms with Gasteiger partial charge in [-0.1, -0.05) is 25.5 Å². The topological polar surface area (TPSA) is 23.5 Å². The molecule has 1 aliphatic heterocycles. The van der Waals surface area contributed by atoms with Gasteiger partial charge in [-0.05, 0) is 42.9 Å². The molecule has 1 aromatic rings. The summed E-state index contributed by atoms with van der Waals surface area (Å²) in [5.41, 5.74) is 0.700. The Bertz CT molecular complexity index is 461. The highest BCUT2D eigenvalue weighted by Gasteiger charge is 2.47. The van der Waals surface area contributed by atoms with Crippen LogP contribution in [0.5, 0.6) is 0 Å². The maximum atomic E-state index is 12.9. The number of likely N-dealkylation sites (tertiary alicyclic amines) is 1. The molecule has 1 aromatic carbocycles. The van der Waals surface area contributed by atoms with Crippen LogP contribution in [0.15, 0.2) is 24.3 Å². The molecule has 1 aliphatic carbocycles. The third-order valence-electron chi connectivity index (χ3n) is 5.32. The molecule has 110 valence electrons. The fourth-order valence-corrected chi connectivity index (χ4v) is 4.13. The molecule has 0 amide bonds. The van der Waals surface area contributed by atoms with Crippen molar-refractivity contribution < 1.29 is 9.50 Å². The van der Waals surface area contributed by atoms with Crippen LogP contribution in [-0.4, -0.2) is 28.7 Å². The second-order valence-electron chi connectivity index (χ2n) is 6.54. The highest BCUT2D eigenvalue weighted by molar-refractivity contribution is 5.16. The Morgan fingerprint density at radius 2 is 2.05 bits per heavy atom. The number of hydrogen-bond acceptors (Lipinski definition) is 2. The first-order chi connectivity index (χ1) is 9.60. The molecular weight excluding hydrogens is 253 g/mol. The van der Waals surface area contributed by atoms with Gasteiger partial charge in [-0.2, -0.15) is 0 Å². The van der Waals surface area contributed by atoms with Gasteiger partial charge in [0.25, 0.3) is 0 Å². The van der Waals surface area contributed by atoms with Crippen LogP contribution in [0.25, 0.3) is 0 Å². The Balaban J connectivity index is 1.68. The van der Waals surface area contributed by atoms with Crippen LogP contribution in [0.3, 0.4) is 0 Å². The molecule has 1 saturated carbocycles. The second-order valence-corrected chi connectivity index (χ2v) is 6.54. The highest BCUT2D eigenvalue weighted by atomic mass is 19.1. The average Bonchev–Trinajstić information content (AvgIpc) is 2.86. The van der Waals surface area contributed by atoms with Crippen molar-refractivity contribution >= 4 is 0 Å². The number of hydrogen-bond donors (Lipinski definition) is 1. The van der Waals surface area contributed by atoms with Crippen molar-refractivity contribution in [3.05, 3.63) is 35.6 Å². The van der Waals surface area contributed by atoms with Gasteiger partial charge in [-0.3, -0.25) is 4.90 Å². The van der Waals surface area contributed by atoms with Gasteiger partial charge in [-0.15, -0.1) is 0 Å². The minimum absolute atomic E-state index is 0.177. The predicted molar refractivity (Wildman–Crippen MR) is 77.7 cm³/mol. The quantitative estimate of drug-likeness (QED) is 0.917. The molecule has 0 unspecified atom stereocenters. The van der Waals surface area contributed by atoms with Crippen LogP contribution in [0.4, 0.5) is 4.39 Å². The Hall–Kier alpha value is -0.930. The predicted octanol–water partition coefficient (Wildman–Crippen LogP) is 3.20. The maximum Gasteiger partial charge on any atom is 0.123 e. The summed E-state index contributed by atoms with van der Waals surface area (Å²) in [7, 11) is 0. The van der Waals surface area contributed by atoms with Gasteiger partial charge in [0, 0.05) is 25.6 Å². The Kier molecular flexibility index (Phi) is 3.83. The van der Waals surface area contributed by atoms with Crippen LogP contribution >= 0.6 is 0 Å². The Morgan fingerprint density at radius 3 is 2.75 bits per heavy atom. The summed E-state index contributed by atoms with van der Waals surface area (Å²) in [5, 5.41) is 10.8. The zero-order valence-corrected chi connectivity index (χ0v) is 12.2. The molecule has 3 heteroatoms. The van der Waals surface area contributed by atoms with Crippen LogP contribution in [0, 0.1) is 17.7 Å². The minimum atomic E-state index is -0.458. The van der Waals surface area contributed by atoms with Crippen LogP contribution in [-0.2, 0) is 6.54 Å². The number of benzene rings is 1. The van der Waals surface area contributed by atoms with Crippen LogP contribution in [0.1, 0.15) is 38.2 Å². The number of aliphatic hydroxyl groups is 1. The van der Waals surface area contributed by atoms with Gasteiger partial charge in [-0.25, -0.2) is 4.39 Å². The van der Waals surface area contributed by atoms with Gasteiger partial charge in [0.15, 0.2) is 0 Å². The summed E-state index contributed by atoms with van der Waals surface area (Å²) in [4.78, 5) is 2.43. The lowest BCUT2D eigenvalue weighted by Gasteiger charge is -2.40. The van der Waals surface area contributed by atoms with Crippen molar-refractivity contribution in [1.82, 2.24) is 4.90 Å². The molecule has 3 atom stereocenters. The van der Waals surface area contributed by atoms with Crippen molar-refractivity contribution in [2.45, 2.75) is 44.8 Å². The van der Waals surface area contributed by atoms with E-state index in [2.05, 4.69) is 11.8 Å². The van der Waals surface area contributed by atoms with Gasteiger partial charge < -0.3 is 5.11 Å². The molecule has 2 fully saturated rings. The monoisotopic (exact) mass is 277 g/mol. The van der Waals surface area contributed by atoms with E-state index in [1.165, 1.54) is 18.6 Å². The van der Waals surface area contributed by atoms with Crippen molar-refractivity contribution in [2.24, 2.45) is 11.8 Å². The van der Waals surface area contributed by atoms with E-state index in [4.69, 9.17) is 0 Å². The van der Waals surface area contributed by atoms with Crippen molar-refractivity contribution in [3.63, 3.8) is 0 Å². The van der Waals surface area contributed by atoms with E-state index in [0.717, 1.165) is 44.5 Å². The lowest BCUT2D eigenvalue weighted by molar-refractivity contribution is -0.0613. The maximum absolute atomic E-state index is 12.9. The summed E-state index contributed by atoms with van der Waals surface area (Å²) in [6.45, 7) is 5.02. The summed E-state index contributed by atoms with van der Waals surface area (Å²) >= 11 is 0. The van der Waals surface area contributed by atoms with Gasteiger partial charge in [0.2, 0.25) is 0 Å². The van der Waals surface area contributed by atoms with Gasteiger partial charge in [0.05, 0.1) is 5.60 Å². The van der Waals surface area contributed by atoms with E-state index >= 15 is 0 Å². The molecular formula is C17H24FNO. The lowest BCUT2D eigenvalue weighted by Crippen LogP contribution is -2.44. The third-order valence-corrected chi connectivity index (χ3v) is 5.32. The van der Waals surface area contributed by atoms with E-state index < -0.39 is 5.60 Å². The van der Waals surface area contributed by atoms with E-state index in [1.807, 2.05) is 12.1 Å². The van der Waals surface area contributed by atoms with Crippen LogP contribution < -0.4 is 0 Å². The van der Waals surface area contributed by atoms with E-state index in [1.54, 1.807) is 0 Å². The van der Waals surface area contributed by atoms with E-state index in [9.17, 15) is 9.50 Å². The summed E-state index contributed by atoms with van der Waals surface area (Å²) in [6.07, 6.45) is 4.20. The lowest BCUT2D eigenvalue weighted by atomic mass is 9.69. The number of rotatable bonds is 3. The molecule has 0 radical (unpaired) electrons. The molecule has 2 aliphatic rings. The van der Waals surface area contributed by atoms with Crippen molar-refractivity contribution in [1.29, 1.82) is 0 Å². The SMILES string of the molecule is CC[C@@]1(O)CCC[C@@H]2CN(Cc3ccc(F)cc3)C[C@@H]21. The highest BCUT2D eigenvalue weighted by Crippen LogP contribution is 2.44. The van der Waals surface area contributed by atoms with E-state index in [0.29, 0.717) is 11.8 Å². The molecule has 0 aromatic heterocycles. The third kappa shape index (κ3) is 2.61. The molecule has 2 nitrogen and oxygen atoms in total. The zero-order chi connectivity index (χ0) is 14.2. The molecule has 1 N–H and O–H groups in total. The largest absolute Gasteiger partial charge is 0.390 e. The van der Waals surface area contributed by atoms with Gasteiger partial charge >= 0.3 is 0 Å². The molecule has 1 heterocycles. The van der Waals surface area contributed by atoms with Crippen LogP contribution in [0.2, 0.25) is 0 Å². The average molecular weight is 277 g/mol. The fraction of sp³-hybridized carbons (Fsp3) is 0.647. The summed E-state index contributed by atoms with van der Waals surface area (Å²) in [5.74, 6) is 0.875. The van der Waals surface area contributed by atoms with Crippen molar-refractivity contribution in [3.8, 4) is 0 Å². The smallest absolute Gasteiger partial charge is 0.123 e. The first-order valence-electron chi connectivity index (χ1n) is 7.80. The second kappa shape index (κ2) is 5.45. The molecule has 0 spiro atoms. The Labute approximate surface area is 120 Å². The first-order valence-corrected chi connectivity index (χ1v) is 7.80. The number of fused-ring (bicyclic) bond motifs is 1. The number of nitrogens with zero attached hydrogens (tertiary/aromatic N) is 1. The zero-order valence-electron chi connectivity index (χ0n) is 12.2. The molecule has 1 saturated heterocycles. The van der Waals surface area contributed by atoms with Crippen molar-refractivity contribution in [2.75, 3.05) is 13.1 Å². The number of halogens is 1. The fourth-order valence-electron chi connectivity index (χ4n) is 4.13. The normalized spacial score (nSPS) is 34.1.